The lowest BCUT2D eigenvalue weighted by atomic mass is 10.4. The number of methoxy groups -OCH3 is 2. The van der Waals surface area contributed by atoms with E-state index in [1.165, 1.54) is 14.2 Å². The molecule has 0 N–H and O–H groups in total. The van der Waals surface area contributed by atoms with Crippen molar-refractivity contribution in [2.24, 2.45) is 0 Å². The van der Waals surface area contributed by atoms with Gasteiger partial charge in [0.1, 0.15) is 0 Å². The van der Waals surface area contributed by atoms with Crippen LogP contribution in [0, 0.1) is 0 Å². The highest BCUT2D eigenvalue weighted by atomic mass is 16.7. The molecular weight excluding hydrogens is 254 g/mol. The summed E-state index contributed by atoms with van der Waals surface area (Å²) in [7, 11) is 2.59. The molecule has 0 bridgehead atoms. The van der Waals surface area contributed by atoms with Crippen LogP contribution in [0.1, 0.15) is 13.8 Å². The number of carbonyl (C=O) groups is 2. The van der Waals surface area contributed by atoms with Crippen molar-refractivity contribution in [2.75, 3.05) is 47.1 Å². The molecule has 0 spiro atoms. The molecule has 0 saturated heterocycles. The Morgan fingerprint density at radius 2 is 1.37 bits per heavy atom. The second-order valence-electron chi connectivity index (χ2n) is 3.66. The monoisotopic (exact) mass is 277 g/mol. The third kappa shape index (κ3) is 8.52. The molecular formula is C12H23NO6. The van der Waals surface area contributed by atoms with Crippen molar-refractivity contribution in [3.05, 3.63) is 0 Å². The van der Waals surface area contributed by atoms with E-state index in [4.69, 9.17) is 9.47 Å². The number of carbonyl (C=O) groups excluding carboxylic acids is 2. The lowest BCUT2D eigenvalue weighted by Gasteiger charge is -2.25. The van der Waals surface area contributed by atoms with E-state index in [2.05, 4.69) is 9.47 Å². The predicted molar refractivity (Wildman–Crippen MR) is 67.5 cm³/mol. The fraction of sp³-hybridized carbons (Fsp3) is 0.833. The zero-order valence-corrected chi connectivity index (χ0v) is 12.0. The maximum Gasteiger partial charge on any atom is 0.319 e. The average molecular weight is 277 g/mol. The van der Waals surface area contributed by atoms with Gasteiger partial charge in [0.05, 0.1) is 33.9 Å². The summed E-state index contributed by atoms with van der Waals surface area (Å²) in [5.74, 6) is -0.869. The third-order valence-corrected chi connectivity index (χ3v) is 2.27. The number of ether oxygens (including phenoxy) is 4. The summed E-state index contributed by atoms with van der Waals surface area (Å²) in [5.41, 5.74) is 0. The van der Waals surface area contributed by atoms with E-state index >= 15 is 0 Å². The fourth-order valence-corrected chi connectivity index (χ4v) is 1.42. The molecule has 112 valence electrons. The molecule has 0 atom stereocenters. The van der Waals surface area contributed by atoms with E-state index in [1.54, 1.807) is 4.90 Å². The van der Waals surface area contributed by atoms with E-state index in [9.17, 15) is 9.59 Å². The normalized spacial score (nSPS) is 10.8. The molecule has 19 heavy (non-hydrogen) atoms. The van der Waals surface area contributed by atoms with Crippen LogP contribution in [0.5, 0.6) is 0 Å². The van der Waals surface area contributed by atoms with E-state index in [0.717, 1.165) is 0 Å². The molecule has 0 aromatic carbocycles. The van der Waals surface area contributed by atoms with Crippen LogP contribution in [0.4, 0.5) is 0 Å². The molecule has 0 aliphatic carbocycles. The number of hydrogen-bond acceptors (Lipinski definition) is 7. The van der Waals surface area contributed by atoms with Crippen LogP contribution in [0.15, 0.2) is 0 Å². The van der Waals surface area contributed by atoms with Gasteiger partial charge in [0.15, 0.2) is 6.29 Å². The standard InChI is InChI=1S/C12H23NO6/c1-5-18-12(19-6-2)9-13(7-10(14)16-3)8-11(15)17-4/h12H,5-9H2,1-4H3. The largest absolute Gasteiger partial charge is 0.468 e. The van der Waals surface area contributed by atoms with Gasteiger partial charge in [0.2, 0.25) is 0 Å². The molecule has 0 radical (unpaired) electrons. The van der Waals surface area contributed by atoms with Crippen LogP contribution in [-0.2, 0) is 28.5 Å². The van der Waals surface area contributed by atoms with Crippen molar-refractivity contribution in [1.82, 2.24) is 4.90 Å². The summed E-state index contributed by atoms with van der Waals surface area (Å²) in [6.07, 6.45) is -0.496. The Kier molecular flexibility index (Phi) is 10.1. The Morgan fingerprint density at radius 3 is 1.68 bits per heavy atom. The SMILES string of the molecule is CCOC(CN(CC(=O)OC)CC(=O)OC)OCC. The van der Waals surface area contributed by atoms with Crippen LogP contribution in [0.3, 0.4) is 0 Å². The van der Waals surface area contributed by atoms with E-state index in [-0.39, 0.29) is 19.6 Å². The van der Waals surface area contributed by atoms with Gasteiger partial charge in [0.25, 0.3) is 0 Å². The van der Waals surface area contributed by atoms with Crippen molar-refractivity contribution in [2.45, 2.75) is 20.1 Å². The van der Waals surface area contributed by atoms with Gasteiger partial charge < -0.3 is 18.9 Å². The van der Waals surface area contributed by atoms with Crippen LogP contribution in [0.25, 0.3) is 0 Å². The molecule has 0 aliphatic heterocycles. The predicted octanol–water partition coefficient (Wildman–Crippen LogP) is 0.0335. The second kappa shape index (κ2) is 10.7. The number of rotatable bonds is 10. The van der Waals surface area contributed by atoms with Gasteiger partial charge in [-0.25, -0.2) is 0 Å². The van der Waals surface area contributed by atoms with E-state index in [1.807, 2.05) is 13.8 Å². The second-order valence-corrected chi connectivity index (χ2v) is 3.66. The number of esters is 2. The number of hydrogen-bond donors (Lipinski definition) is 0. The molecule has 7 nitrogen and oxygen atoms in total. The Morgan fingerprint density at radius 1 is 0.947 bits per heavy atom. The molecule has 0 aromatic heterocycles. The summed E-state index contributed by atoms with van der Waals surface area (Å²) in [6, 6.07) is 0. The maximum atomic E-state index is 11.3. The summed E-state index contributed by atoms with van der Waals surface area (Å²) < 4.78 is 19.9. The zero-order chi connectivity index (χ0) is 14.7. The third-order valence-electron chi connectivity index (χ3n) is 2.27. The van der Waals surface area contributed by atoms with Crippen molar-refractivity contribution in [1.29, 1.82) is 0 Å². The van der Waals surface area contributed by atoms with Crippen LogP contribution < -0.4 is 0 Å². The highest BCUT2D eigenvalue weighted by Crippen LogP contribution is 2.01. The summed E-state index contributed by atoms with van der Waals surface area (Å²) >= 11 is 0. The molecule has 7 heteroatoms. The van der Waals surface area contributed by atoms with Crippen LogP contribution in [-0.4, -0.2) is 70.2 Å². The Labute approximate surface area is 113 Å². The summed E-state index contributed by atoms with van der Waals surface area (Å²) in [4.78, 5) is 24.1. The zero-order valence-electron chi connectivity index (χ0n) is 12.0. The summed E-state index contributed by atoms with van der Waals surface area (Å²) in [5, 5.41) is 0. The molecule has 0 amide bonds. The average Bonchev–Trinajstić information content (AvgIpc) is 2.38. The molecule has 0 saturated carbocycles. The minimum atomic E-state index is -0.496. The van der Waals surface area contributed by atoms with Crippen LogP contribution in [0.2, 0.25) is 0 Å². The van der Waals surface area contributed by atoms with Gasteiger partial charge in [-0.15, -0.1) is 0 Å². The minimum absolute atomic E-state index is 0.0255. The summed E-state index contributed by atoms with van der Waals surface area (Å²) in [6.45, 7) is 4.88. The van der Waals surface area contributed by atoms with Gasteiger partial charge >= 0.3 is 11.9 Å². The van der Waals surface area contributed by atoms with Gasteiger partial charge in [-0.1, -0.05) is 0 Å². The fourth-order valence-electron chi connectivity index (χ4n) is 1.42. The van der Waals surface area contributed by atoms with Crippen molar-refractivity contribution in [3.8, 4) is 0 Å². The first-order valence-electron chi connectivity index (χ1n) is 6.16. The molecule has 0 aromatic rings. The molecule has 0 heterocycles. The van der Waals surface area contributed by atoms with E-state index in [0.29, 0.717) is 13.2 Å². The van der Waals surface area contributed by atoms with Crippen LogP contribution >= 0.6 is 0 Å². The maximum absolute atomic E-state index is 11.3. The lowest BCUT2D eigenvalue weighted by Crippen LogP contribution is -2.42. The molecule has 0 unspecified atom stereocenters. The van der Waals surface area contributed by atoms with Gasteiger partial charge in [-0.05, 0) is 13.8 Å². The molecule has 0 fully saturated rings. The van der Waals surface area contributed by atoms with Gasteiger partial charge in [-0.3, -0.25) is 14.5 Å². The van der Waals surface area contributed by atoms with E-state index < -0.39 is 18.2 Å². The topological polar surface area (TPSA) is 74.3 Å². The number of nitrogens with zero attached hydrogens (tertiary/aromatic N) is 1. The van der Waals surface area contributed by atoms with Crippen molar-refractivity contribution >= 4 is 11.9 Å². The lowest BCUT2D eigenvalue weighted by molar-refractivity contribution is -0.159. The smallest absolute Gasteiger partial charge is 0.319 e. The first-order chi connectivity index (χ1) is 9.07. The Hall–Kier alpha value is -1.18. The quantitative estimate of drug-likeness (QED) is 0.412. The highest BCUT2D eigenvalue weighted by Gasteiger charge is 2.20. The molecule has 0 aliphatic rings. The van der Waals surface area contributed by atoms with Crippen molar-refractivity contribution in [3.63, 3.8) is 0 Å². The van der Waals surface area contributed by atoms with Gasteiger partial charge in [0, 0.05) is 13.2 Å². The Balaban J connectivity index is 4.51. The first kappa shape index (κ1) is 17.8. The Bertz CT molecular complexity index is 247. The molecule has 0 rings (SSSR count). The first-order valence-corrected chi connectivity index (χ1v) is 6.16. The van der Waals surface area contributed by atoms with Crippen molar-refractivity contribution < 1.29 is 28.5 Å². The van der Waals surface area contributed by atoms with Gasteiger partial charge in [-0.2, -0.15) is 0 Å². The highest BCUT2D eigenvalue weighted by molar-refractivity contribution is 5.74. The minimum Gasteiger partial charge on any atom is -0.468 e.